The van der Waals surface area contributed by atoms with Gasteiger partial charge in [0, 0.05) is 11.9 Å². The Hall–Kier alpha value is -1.05. The van der Waals surface area contributed by atoms with Gasteiger partial charge in [-0.1, -0.05) is 0 Å². The minimum Gasteiger partial charge on any atom is -0.393 e. The number of H-pyrrole nitrogens is 1. The first kappa shape index (κ1) is 10.5. The highest BCUT2D eigenvalue weighted by molar-refractivity contribution is 8.00. The summed E-state index contributed by atoms with van der Waals surface area (Å²) >= 11 is 1.53. The van der Waals surface area contributed by atoms with Gasteiger partial charge in [-0.25, -0.2) is 9.78 Å². The number of nitrogens with one attached hydrogen (secondary N) is 2. The molecule has 0 bridgehead atoms. The third kappa shape index (κ3) is 2.71. The lowest BCUT2D eigenvalue weighted by atomic mass is 10.5. The van der Waals surface area contributed by atoms with Crippen molar-refractivity contribution in [3.63, 3.8) is 0 Å². The second-order valence-corrected chi connectivity index (χ2v) is 4.20. The Balaban J connectivity index is 1.95. The molecular formula is C8H11N3O3S. The van der Waals surface area contributed by atoms with Crippen LogP contribution in [0.3, 0.4) is 0 Å². The fourth-order valence-corrected chi connectivity index (χ4v) is 2.12. The molecule has 0 saturated carbocycles. The Morgan fingerprint density at radius 2 is 2.67 bits per heavy atom. The van der Waals surface area contributed by atoms with Crippen molar-refractivity contribution in [3.8, 4) is 0 Å². The third-order valence-electron chi connectivity index (χ3n) is 1.89. The van der Waals surface area contributed by atoms with Crippen LogP contribution in [0.15, 0.2) is 17.1 Å². The third-order valence-corrected chi connectivity index (χ3v) is 3.02. The molecule has 0 aliphatic carbocycles. The fourth-order valence-electron chi connectivity index (χ4n) is 1.25. The van der Waals surface area contributed by atoms with E-state index >= 15 is 0 Å². The van der Waals surface area contributed by atoms with Crippen LogP contribution in [-0.2, 0) is 4.74 Å². The van der Waals surface area contributed by atoms with Gasteiger partial charge in [-0.15, -0.1) is 11.8 Å². The van der Waals surface area contributed by atoms with Crippen LogP contribution in [-0.4, -0.2) is 39.1 Å². The van der Waals surface area contributed by atoms with E-state index in [0.29, 0.717) is 5.82 Å². The van der Waals surface area contributed by atoms with Crippen molar-refractivity contribution in [3.05, 3.63) is 22.7 Å². The normalized spacial score (nSPS) is 25.4. The number of hydrogen-bond acceptors (Lipinski definition) is 6. The lowest BCUT2D eigenvalue weighted by Gasteiger charge is -2.13. The zero-order chi connectivity index (χ0) is 10.7. The number of nitrogens with zero attached hydrogens (tertiary/aromatic N) is 1. The molecule has 2 unspecified atom stereocenters. The number of anilines is 1. The number of aliphatic hydroxyl groups excluding tert-OH is 1. The topological polar surface area (TPSA) is 87.2 Å². The van der Waals surface area contributed by atoms with Crippen molar-refractivity contribution < 1.29 is 9.84 Å². The molecule has 1 fully saturated rings. The van der Waals surface area contributed by atoms with E-state index in [4.69, 9.17) is 9.84 Å². The van der Waals surface area contributed by atoms with Gasteiger partial charge >= 0.3 is 5.69 Å². The van der Waals surface area contributed by atoms with Crippen molar-refractivity contribution in [1.82, 2.24) is 9.97 Å². The van der Waals surface area contributed by atoms with Crippen LogP contribution in [0.5, 0.6) is 0 Å². The Labute approximate surface area is 90.1 Å². The van der Waals surface area contributed by atoms with Crippen molar-refractivity contribution in [2.75, 3.05) is 17.7 Å². The highest BCUT2D eigenvalue weighted by Crippen LogP contribution is 2.24. The van der Waals surface area contributed by atoms with Gasteiger partial charge in [0.15, 0.2) is 0 Å². The zero-order valence-corrected chi connectivity index (χ0v) is 8.66. The molecule has 6 nitrogen and oxygen atoms in total. The van der Waals surface area contributed by atoms with E-state index in [1.165, 1.54) is 18.0 Å². The van der Waals surface area contributed by atoms with Crippen molar-refractivity contribution in [1.29, 1.82) is 0 Å². The van der Waals surface area contributed by atoms with Crippen LogP contribution in [0, 0.1) is 0 Å². The van der Waals surface area contributed by atoms with E-state index in [0.717, 1.165) is 5.75 Å². The first-order valence-corrected chi connectivity index (χ1v) is 5.52. The number of aromatic amines is 1. The first-order valence-electron chi connectivity index (χ1n) is 4.48. The standard InChI is InChI=1S/C8H11N3O3S/c12-3-7-14-6(4-15-7)10-5-1-2-9-8(13)11-5/h1-2,6-7,12H,3-4H2,(H2,9,10,11,13). The molecule has 1 aliphatic heterocycles. The van der Waals surface area contributed by atoms with E-state index in [1.54, 1.807) is 6.07 Å². The van der Waals surface area contributed by atoms with Crippen LogP contribution >= 0.6 is 11.8 Å². The SMILES string of the molecule is O=c1nccc(NC2CSC(CO)O2)[nH]1. The molecule has 0 spiro atoms. The van der Waals surface area contributed by atoms with Gasteiger partial charge in [-0.2, -0.15) is 0 Å². The maximum absolute atomic E-state index is 10.9. The second-order valence-electron chi connectivity index (χ2n) is 3.00. The molecule has 7 heteroatoms. The molecule has 1 saturated heterocycles. The minimum atomic E-state index is -0.399. The maximum Gasteiger partial charge on any atom is 0.346 e. The van der Waals surface area contributed by atoms with E-state index in [9.17, 15) is 4.79 Å². The average Bonchev–Trinajstić information content (AvgIpc) is 2.65. The summed E-state index contributed by atoms with van der Waals surface area (Å²) < 4.78 is 5.41. The molecule has 15 heavy (non-hydrogen) atoms. The average molecular weight is 229 g/mol. The van der Waals surface area contributed by atoms with Crippen molar-refractivity contribution >= 4 is 17.6 Å². The predicted octanol–water partition coefficient (Wildman–Crippen LogP) is -0.410. The quantitative estimate of drug-likeness (QED) is 0.653. The Morgan fingerprint density at radius 1 is 1.80 bits per heavy atom. The molecule has 3 N–H and O–H groups in total. The molecule has 2 rings (SSSR count). The van der Waals surface area contributed by atoms with Gasteiger partial charge < -0.3 is 15.2 Å². The predicted molar refractivity (Wildman–Crippen MR) is 56.7 cm³/mol. The minimum absolute atomic E-state index is 0.00425. The van der Waals surface area contributed by atoms with E-state index in [2.05, 4.69) is 15.3 Å². The number of aliphatic hydroxyl groups is 1. The summed E-state index contributed by atoms with van der Waals surface area (Å²) in [6, 6.07) is 1.65. The van der Waals surface area contributed by atoms with Gasteiger partial charge in [0.05, 0.1) is 6.61 Å². The number of rotatable bonds is 3. The van der Waals surface area contributed by atoms with E-state index in [1.807, 2.05) is 0 Å². The summed E-state index contributed by atoms with van der Waals surface area (Å²) in [6.45, 7) is -0.00425. The summed E-state index contributed by atoms with van der Waals surface area (Å²) in [5.74, 6) is 1.30. The van der Waals surface area contributed by atoms with E-state index in [-0.39, 0.29) is 18.3 Å². The van der Waals surface area contributed by atoms with Crippen LogP contribution in [0.25, 0.3) is 0 Å². The molecule has 82 valence electrons. The summed E-state index contributed by atoms with van der Waals surface area (Å²) in [5, 5.41) is 11.8. The lowest BCUT2D eigenvalue weighted by molar-refractivity contribution is 0.0487. The Bertz CT molecular complexity index is 383. The van der Waals surface area contributed by atoms with Crippen molar-refractivity contribution in [2.24, 2.45) is 0 Å². The molecule has 0 radical (unpaired) electrons. The van der Waals surface area contributed by atoms with Crippen LogP contribution < -0.4 is 11.0 Å². The van der Waals surface area contributed by atoms with Crippen LogP contribution in [0.2, 0.25) is 0 Å². The molecule has 1 aliphatic rings. The summed E-state index contributed by atoms with van der Waals surface area (Å²) in [7, 11) is 0. The highest BCUT2D eigenvalue weighted by atomic mass is 32.2. The van der Waals surface area contributed by atoms with Crippen LogP contribution in [0.1, 0.15) is 0 Å². The Kier molecular flexibility index (Phi) is 3.24. The van der Waals surface area contributed by atoms with Gasteiger partial charge in [-0.3, -0.25) is 4.98 Å². The molecular weight excluding hydrogens is 218 g/mol. The number of hydrogen-bond donors (Lipinski definition) is 3. The molecule has 1 aromatic heterocycles. The van der Waals surface area contributed by atoms with Gasteiger partial charge in [-0.05, 0) is 6.07 Å². The molecule has 2 atom stereocenters. The zero-order valence-electron chi connectivity index (χ0n) is 7.84. The maximum atomic E-state index is 10.9. The van der Waals surface area contributed by atoms with Gasteiger partial charge in [0.25, 0.3) is 0 Å². The fraction of sp³-hybridized carbons (Fsp3) is 0.500. The molecule has 2 heterocycles. The monoisotopic (exact) mass is 229 g/mol. The van der Waals surface area contributed by atoms with Gasteiger partial charge in [0.1, 0.15) is 17.5 Å². The largest absolute Gasteiger partial charge is 0.393 e. The summed E-state index contributed by atoms with van der Waals surface area (Å²) in [4.78, 5) is 16.9. The highest BCUT2D eigenvalue weighted by Gasteiger charge is 2.24. The molecule has 1 aromatic rings. The lowest BCUT2D eigenvalue weighted by Crippen LogP contribution is -2.25. The molecule has 0 amide bonds. The number of thioether (sulfide) groups is 1. The number of aromatic nitrogens is 2. The smallest absolute Gasteiger partial charge is 0.346 e. The summed E-state index contributed by atoms with van der Waals surface area (Å²) in [6.07, 6.45) is 1.23. The van der Waals surface area contributed by atoms with Crippen LogP contribution in [0.4, 0.5) is 5.82 Å². The van der Waals surface area contributed by atoms with Crippen molar-refractivity contribution in [2.45, 2.75) is 11.7 Å². The second kappa shape index (κ2) is 4.65. The number of ether oxygens (including phenoxy) is 1. The first-order chi connectivity index (χ1) is 7.28. The van der Waals surface area contributed by atoms with Gasteiger partial charge in [0.2, 0.25) is 0 Å². The Morgan fingerprint density at radius 3 is 3.33 bits per heavy atom. The van der Waals surface area contributed by atoms with E-state index < -0.39 is 5.69 Å². The molecule has 0 aromatic carbocycles. The summed E-state index contributed by atoms with van der Waals surface area (Å²) in [5.41, 5.74) is -0.583.